The molecule has 1 amide bonds. The lowest BCUT2D eigenvalue weighted by molar-refractivity contribution is 0.113. The maximum atomic E-state index is 11.7. The molecule has 0 aliphatic rings. The van der Waals surface area contributed by atoms with Gasteiger partial charge in [-0.25, -0.2) is 9.18 Å². The van der Waals surface area contributed by atoms with Gasteiger partial charge in [0.05, 0.1) is 6.61 Å². The van der Waals surface area contributed by atoms with Crippen molar-refractivity contribution in [2.75, 3.05) is 26.4 Å². The zero-order valence-electron chi connectivity index (χ0n) is 10.2. The minimum absolute atomic E-state index is 0.110. The Balaban J connectivity index is 2.01. The SMILES string of the molecule is O=C(NCCCOCCF)OCc1ccccc1. The quantitative estimate of drug-likeness (QED) is 0.725. The highest BCUT2D eigenvalue weighted by molar-refractivity contribution is 5.67. The minimum Gasteiger partial charge on any atom is -0.445 e. The molecule has 1 aromatic rings. The molecule has 0 aliphatic heterocycles. The van der Waals surface area contributed by atoms with Crippen molar-refractivity contribution in [1.29, 1.82) is 0 Å². The molecule has 18 heavy (non-hydrogen) atoms. The molecule has 1 N–H and O–H groups in total. The number of ether oxygens (including phenoxy) is 2. The third-order valence-corrected chi connectivity index (χ3v) is 2.17. The first kappa shape index (κ1) is 14.4. The average Bonchev–Trinajstić information content (AvgIpc) is 2.41. The number of rotatable bonds is 8. The topological polar surface area (TPSA) is 47.6 Å². The van der Waals surface area contributed by atoms with E-state index in [9.17, 15) is 9.18 Å². The van der Waals surface area contributed by atoms with Gasteiger partial charge in [-0.1, -0.05) is 30.3 Å². The van der Waals surface area contributed by atoms with Crippen LogP contribution in [0.2, 0.25) is 0 Å². The highest BCUT2D eigenvalue weighted by Gasteiger charge is 2.01. The van der Waals surface area contributed by atoms with Crippen molar-refractivity contribution in [3.05, 3.63) is 35.9 Å². The molecule has 0 fully saturated rings. The molecule has 100 valence electrons. The Morgan fingerprint density at radius 3 is 2.72 bits per heavy atom. The Hall–Kier alpha value is -1.62. The summed E-state index contributed by atoms with van der Waals surface area (Å²) in [5.74, 6) is 0. The Bertz CT molecular complexity index is 332. The van der Waals surface area contributed by atoms with Crippen LogP contribution in [-0.2, 0) is 16.1 Å². The van der Waals surface area contributed by atoms with E-state index in [1.54, 1.807) is 0 Å². The molecule has 0 saturated heterocycles. The third-order valence-electron chi connectivity index (χ3n) is 2.17. The highest BCUT2D eigenvalue weighted by Crippen LogP contribution is 2.00. The first-order chi connectivity index (χ1) is 8.83. The maximum absolute atomic E-state index is 11.7. The van der Waals surface area contributed by atoms with Crippen LogP contribution in [0.5, 0.6) is 0 Å². The van der Waals surface area contributed by atoms with Crippen molar-refractivity contribution in [3.8, 4) is 0 Å². The van der Waals surface area contributed by atoms with Crippen molar-refractivity contribution in [3.63, 3.8) is 0 Å². The molecular weight excluding hydrogens is 237 g/mol. The van der Waals surface area contributed by atoms with E-state index < -0.39 is 12.8 Å². The number of nitrogens with one attached hydrogen (secondary N) is 1. The first-order valence-corrected chi connectivity index (χ1v) is 5.91. The van der Waals surface area contributed by atoms with Crippen LogP contribution < -0.4 is 5.32 Å². The zero-order valence-corrected chi connectivity index (χ0v) is 10.2. The zero-order chi connectivity index (χ0) is 13.1. The Kier molecular flexibility index (Phi) is 7.55. The molecule has 0 atom stereocenters. The number of carbonyl (C=O) groups excluding carboxylic acids is 1. The molecular formula is C13H18FNO3. The van der Waals surface area contributed by atoms with Crippen LogP contribution in [-0.4, -0.2) is 32.5 Å². The summed E-state index contributed by atoms with van der Waals surface area (Å²) in [6, 6.07) is 9.45. The summed E-state index contributed by atoms with van der Waals surface area (Å²) in [6.07, 6.45) is 0.185. The molecule has 0 aliphatic carbocycles. The molecule has 5 heteroatoms. The summed E-state index contributed by atoms with van der Waals surface area (Å²) in [5.41, 5.74) is 0.943. The number of halogens is 1. The van der Waals surface area contributed by atoms with Crippen molar-refractivity contribution in [1.82, 2.24) is 5.32 Å². The summed E-state index contributed by atoms with van der Waals surface area (Å²) in [4.78, 5) is 11.3. The van der Waals surface area contributed by atoms with E-state index in [4.69, 9.17) is 9.47 Å². The average molecular weight is 255 g/mol. The van der Waals surface area contributed by atoms with Gasteiger partial charge in [-0.15, -0.1) is 0 Å². The van der Waals surface area contributed by atoms with Crippen LogP contribution in [0, 0.1) is 0 Å². The van der Waals surface area contributed by atoms with Gasteiger partial charge in [-0.2, -0.15) is 0 Å². The largest absolute Gasteiger partial charge is 0.445 e. The lowest BCUT2D eigenvalue weighted by Crippen LogP contribution is -2.26. The third kappa shape index (κ3) is 6.85. The van der Waals surface area contributed by atoms with E-state index in [1.807, 2.05) is 30.3 Å². The Morgan fingerprint density at radius 1 is 1.22 bits per heavy atom. The monoisotopic (exact) mass is 255 g/mol. The molecule has 0 unspecified atom stereocenters. The molecule has 0 saturated carbocycles. The Labute approximate surface area is 106 Å². The predicted octanol–water partition coefficient (Wildman–Crippen LogP) is 2.29. The van der Waals surface area contributed by atoms with Gasteiger partial charge in [0.15, 0.2) is 0 Å². The number of amides is 1. The van der Waals surface area contributed by atoms with Crippen molar-refractivity contribution < 1.29 is 18.7 Å². The van der Waals surface area contributed by atoms with Gasteiger partial charge >= 0.3 is 6.09 Å². The summed E-state index contributed by atoms with van der Waals surface area (Å²) >= 11 is 0. The van der Waals surface area contributed by atoms with Crippen LogP contribution in [0.1, 0.15) is 12.0 Å². The van der Waals surface area contributed by atoms with E-state index in [0.29, 0.717) is 19.6 Å². The van der Waals surface area contributed by atoms with Gasteiger partial charge in [-0.3, -0.25) is 0 Å². The van der Waals surface area contributed by atoms with Crippen molar-refractivity contribution in [2.24, 2.45) is 0 Å². The number of hydrogen-bond acceptors (Lipinski definition) is 3. The number of carbonyl (C=O) groups is 1. The van der Waals surface area contributed by atoms with E-state index >= 15 is 0 Å². The number of benzene rings is 1. The summed E-state index contributed by atoms with van der Waals surface area (Å²) in [5, 5.41) is 2.59. The molecule has 0 bridgehead atoms. The van der Waals surface area contributed by atoms with Crippen LogP contribution in [0.15, 0.2) is 30.3 Å². The van der Waals surface area contributed by atoms with Gasteiger partial charge < -0.3 is 14.8 Å². The van der Waals surface area contributed by atoms with E-state index in [2.05, 4.69) is 5.32 Å². The van der Waals surface area contributed by atoms with Crippen LogP contribution in [0.25, 0.3) is 0 Å². The lowest BCUT2D eigenvalue weighted by atomic mass is 10.2. The minimum atomic E-state index is -0.480. The number of hydrogen-bond donors (Lipinski definition) is 1. The number of alkyl halides is 1. The normalized spacial score (nSPS) is 10.1. The van der Waals surface area contributed by atoms with Gasteiger partial charge in [0, 0.05) is 13.2 Å². The molecule has 4 nitrogen and oxygen atoms in total. The smallest absolute Gasteiger partial charge is 0.407 e. The van der Waals surface area contributed by atoms with Crippen LogP contribution in [0.4, 0.5) is 9.18 Å². The molecule has 0 aromatic heterocycles. The fourth-order valence-electron chi connectivity index (χ4n) is 1.30. The second kappa shape index (κ2) is 9.41. The second-order valence-electron chi connectivity index (χ2n) is 3.64. The van der Waals surface area contributed by atoms with Crippen molar-refractivity contribution >= 4 is 6.09 Å². The summed E-state index contributed by atoms with van der Waals surface area (Å²) in [6.45, 7) is 0.777. The lowest BCUT2D eigenvalue weighted by Gasteiger charge is -2.07. The summed E-state index contributed by atoms with van der Waals surface area (Å²) < 4.78 is 21.6. The predicted molar refractivity (Wildman–Crippen MR) is 66.0 cm³/mol. The van der Waals surface area contributed by atoms with E-state index in [-0.39, 0.29) is 13.2 Å². The van der Waals surface area contributed by atoms with Gasteiger partial charge in [-0.05, 0) is 12.0 Å². The Morgan fingerprint density at radius 2 is 2.00 bits per heavy atom. The molecule has 0 spiro atoms. The van der Waals surface area contributed by atoms with Crippen molar-refractivity contribution in [2.45, 2.75) is 13.0 Å². The van der Waals surface area contributed by atoms with Gasteiger partial charge in [0.1, 0.15) is 13.3 Å². The molecule has 0 radical (unpaired) electrons. The van der Waals surface area contributed by atoms with Gasteiger partial charge in [0.25, 0.3) is 0 Å². The maximum Gasteiger partial charge on any atom is 0.407 e. The second-order valence-corrected chi connectivity index (χ2v) is 3.64. The van der Waals surface area contributed by atoms with E-state index in [0.717, 1.165) is 5.56 Å². The number of alkyl carbamates (subject to hydrolysis) is 1. The van der Waals surface area contributed by atoms with E-state index in [1.165, 1.54) is 0 Å². The van der Waals surface area contributed by atoms with Crippen LogP contribution in [0.3, 0.4) is 0 Å². The molecule has 1 aromatic carbocycles. The fraction of sp³-hybridized carbons (Fsp3) is 0.462. The first-order valence-electron chi connectivity index (χ1n) is 5.91. The standard InChI is InChI=1S/C13H18FNO3/c14-7-10-17-9-4-8-15-13(16)18-11-12-5-2-1-3-6-12/h1-3,5-6H,4,7-11H2,(H,15,16). The highest BCUT2D eigenvalue weighted by atomic mass is 19.1. The molecule has 1 rings (SSSR count). The molecule has 0 heterocycles. The van der Waals surface area contributed by atoms with Crippen LogP contribution >= 0.6 is 0 Å². The van der Waals surface area contributed by atoms with Gasteiger partial charge in [0.2, 0.25) is 0 Å². The summed E-state index contributed by atoms with van der Waals surface area (Å²) in [7, 11) is 0. The fourth-order valence-corrected chi connectivity index (χ4v) is 1.30.